The molecule has 0 aromatic rings. The van der Waals surface area contributed by atoms with Gasteiger partial charge in [0.05, 0.1) is 0 Å². The molecule has 0 aromatic heterocycles. The van der Waals surface area contributed by atoms with Crippen molar-refractivity contribution in [3.05, 3.63) is 0 Å². The Morgan fingerprint density at radius 2 is 1.77 bits per heavy atom. The van der Waals surface area contributed by atoms with Gasteiger partial charge in [-0.2, -0.15) is 0 Å². The van der Waals surface area contributed by atoms with E-state index >= 15 is 0 Å². The van der Waals surface area contributed by atoms with Gasteiger partial charge in [-0.25, -0.2) is 0 Å². The summed E-state index contributed by atoms with van der Waals surface area (Å²) in [5.74, 6) is 0. The van der Waals surface area contributed by atoms with Gasteiger partial charge in [0.15, 0.2) is 0 Å². The van der Waals surface area contributed by atoms with Crippen molar-refractivity contribution in [1.82, 2.24) is 20.4 Å². The first-order chi connectivity index (χ1) is 10.1. The Hall–Kier alpha value is -0.160. The Balaban J connectivity index is 2.05. The number of nitrogens with zero attached hydrogens (tertiary/aromatic N) is 2. The highest BCUT2D eigenvalue weighted by Crippen LogP contribution is 2.27. The molecule has 2 saturated heterocycles. The van der Waals surface area contributed by atoms with E-state index in [4.69, 9.17) is 0 Å². The molecule has 2 fully saturated rings. The van der Waals surface area contributed by atoms with Crippen LogP contribution < -0.4 is 10.6 Å². The fourth-order valence-corrected chi connectivity index (χ4v) is 4.21. The molecule has 0 amide bonds. The van der Waals surface area contributed by atoms with Gasteiger partial charge in [-0.15, -0.1) is 0 Å². The smallest absolute Gasteiger partial charge is 0.0262 e. The first-order valence-electron chi connectivity index (χ1n) is 9.03. The molecule has 2 N–H and O–H groups in total. The summed E-state index contributed by atoms with van der Waals surface area (Å²) in [5, 5.41) is 7.47. The molecule has 2 heterocycles. The minimum atomic E-state index is 0.197. The predicted molar refractivity (Wildman–Crippen MR) is 95.4 cm³/mol. The number of piperazine rings is 1. The molecule has 22 heavy (non-hydrogen) atoms. The van der Waals surface area contributed by atoms with Crippen LogP contribution in [0.1, 0.15) is 54.4 Å². The molecule has 2 aliphatic rings. The SMILES string of the molecule is CN1CC[C@H](NC(C)(C)C)C1C[C@H]1CNCCN1C(C)(C)C. The summed E-state index contributed by atoms with van der Waals surface area (Å²) in [6, 6.07) is 1.91. The molecule has 0 radical (unpaired) electrons. The fraction of sp³-hybridized carbons (Fsp3) is 1.00. The van der Waals surface area contributed by atoms with Gasteiger partial charge in [0.1, 0.15) is 0 Å². The second-order valence-corrected chi connectivity index (χ2v) is 9.30. The molecule has 0 spiro atoms. The van der Waals surface area contributed by atoms with Gasteiger partial charge in [0.2, 0.25) is 0 Å². The normalized spacial score (nSPS) is 32.6. The van der Waals surface area contributed by atoms with E-state index in [1.54, 1.807) is 0 Å². The van der Waals surface area contributed by atoms with Gasteiger partial charge in [0.25, 0.3) is 0 Å². The van der Waals surface area contributed by atoms with Crippen molar-refractivity contribution in [1.29, 1.82) is 0 Å². The fourth-order valence-electron chi connectivity index (χ4n) is 4.21. The Morgan fingerprint density at radius 3 is 2.36 bits per heavy atom. The van der Waals surface area contributed by atoms with Gasteiger partial charge < -0.3 is 15.5 Å². The largest absolute Gasteiger partial charge is 0.314 e. The topological polar surface area (TPSA) is 30.5 Å². The number of likely N-dealkylation sites (tertiary alicyclic amines) is 1. The van der Waals surface area contributed by atoms with Crippen LogP contribution in [-0.4, -0.2) is 72.2 Å². The van der Waals surface area contributed by atoms with Crippen molar-refractivity contribution >= 4 is 0 Å². The molecule has 0 aliphatic carbocycles. The molecule has 0 aromatic carbocycles. The van der Waals surface area contributed by atoms with E-state index in [-0.39, 0.29) is 11.1 Å². The molecule has 1 unspecified atom stereocenters. The quantitative estimate of drug-likeness (QED) is 0.834. The first kappa shape index (κ1) is 18.2. The molecule has 4 nitrogen and oxygen atoms in total. The van der Waals surface area contributed by atoms with Gasteiger partial charge in [0, 0.05) is 48.8 Å². The molecule has 4 heteroatoms. The zero-order valence-electron chi connectivity index (χ0n) is 15.9. The summed E-state index contributed by atoms with van der Waals surface area (Å²) < 4.78 is 0. The first-order valence-corrected chi connectivity index (χ1v) is 9.03. The van der Waals surface area contributed by atoms with Crippen LogP contribution in [0.3, 0.4) is 0 Å². The van der Waals surface area contributed by atoms with E-state index in [1.807, 2.05) is 0 Å². The lowest BCUT2D eigenvalue weighted by molar-refractivity contribution is 0.0419. The molecular weight excluding hydrogens is 272 g/mol. The highest BCUT2D eigenvalue weighted by Gasteiger charge is 2.39. The Bertz CT molecular complexity index is 355. The average Bonchev–Trinajstić information content (AvgIpc) is 2.69. The van der Waals surface area contributed by atoms with E-state index in [1.165, 1.54) is 25.9 Å². The van der Waals surface area contributed by atoms with Gasteiger partial charge in [-0.05, 0) is 68.0 Å². The number of hydrogen-bond acceptors (Lipinski definition) is 4. The van der Waals surface area contributed by atoms with Crippen LogP contribution in [0.4, 0.5) is 0 Å². The molecule has 130 valence electrons. The lowest BCUT2D eigenvalue weighted by Crippen LogP contribution is -2.60. The zero-order chi connectivity index (χ0) is 16.5. The second-order valence-electron chi connectivity index (χ2n) is 9.30. The third-order valence-corrected chi connectivity index (χ3v) is 5.17. The molecule has 2 aliphatic heterocycles. The van der Waals surface area contributed by atoms with Crippen molar-refractivity contribution in [3.8, 4) is 0 Å². The second kappa shape index (κ2) is 6.76. The summed E-state index contributed by atoms with van der Waals surface area (Å²) in [4.78, 5) is 5.28. The minimum absolute atomic E-state index is 0.197. The van der Waals surface area contributed by atoms with Crippen LogP contribution in [0.2, 0.25) is 0 Å². The molecule has 0 bridgehead atoms. The molecule has 2 rings (SSSR count). The lowest BCUT2D eigenvalue weighted by atomic mass is 9.93. The maximum absolute atomic E-state index is 3.86. The third-order valence-electron chi connectivity index (χ3n) is 5.17. The average molecular weight is 311 g/mol. The summed E-state index contributed by atoms with van der Waals surface area (Å²) in [5.41, 5.74) is 0.458. The number of hydrogen-bond donors (Lipinski definition) is 2. The molecular formula is C18H38N4. The Morgan fingerprint density at radius 1 is 1.09 bits per heavy atom. The number of nitrogens with one attached hydrogen (secondary N) is 2. The summed E-state index contributed by atoms with van der Waals surface area (Å²) in [6.45, 7) is 18.6. The van der Waals surface area contributed by atoms with Crippen LogP contribution >= 0.6 is 0 Å². The maximum Gasteiger partial charge on any atom is 0.0262 e. The van der Waals surface area contributed by atoms with Crippen molar-refractivity contribution in [2.45, 2.75) is 83.6 Å². The van der Waals surface area contributed by atoms with Crippen LogP contribution in [-0.2, 0) is 0 Å². The summed E-state index contributed by atoms with van der Waals surface area (Å²) in [6.07, 6.45) is 2.53. The van der Waals surface area contributed by atoms with Crippen molar-refractivity contribution < 1.29 is 0 Å². The number of rotatable bonds is 3. The highest BCUT2D eigenvalue weighted by atomic mass is 15.3. The van der Waals surface area contributed by atoms with Gasteiger partial charge in [-0.1, -0.05) is 0 Å². The van der Waals surface area contributed by atoms with Crippen LogP contribution in [0.5, 0.6) is 0 Å². The Kier molecular flexibility index (Phi) is 5.59. The number of likely N-dealkylation sites (N-methyl/N-ethyl adjacent to an activating group) is 1. The summed E-state index contributed by atoms with van der Waals surface area (Å²) >= 11 is 0. The summed E-state index contributed by atoms with van der Waals surface area (Å²) in [7, 11) is 2.30. The van der Waals surface area contributed by atoms with E-state index in [0.717, 1.165) is 13.1 Å². The van der Waals surface area contributed by atoms with Crippen molar-refractivity contribution in [2.24, 2.45) is 0 Å². The lowest BCUT2D eigenvalue weighted by Gasteiger charge is -2.47. The minimum Gasteiger partial charge on any atom is -0.314 e. The monoisotopic (exact) mass is 310 g/mol. The standard InChI is InChI=1S/C18H38N4/c1-17(2,3)20-15-8-10-21(7)16(15)12-14-13-19-9-11-22(14)18(4,5)6/h14-16,19-20H,8-13H2,1-7H3/t14-,15-,16?/m0/s1. The van der Waals surface area contributed by atoms with E-state index < -0.39 is 0 Å². The van der Waals surface area contributed by atoms with Crippen LogP contribution in [0, 0.1) is 0 Å². The Labute approximate surface area is 138 Å². The maximum atomic E-state index is 3.86. The van der Waals surface area contributed by atoms with Gasteiger partial charge in [-0.3, -0.25) is 4.90 Å². The highest BCUT2D eigenvalue weighted by molar-refractivity contribution is 4.98. The van der Waals surface area contributed by atoms with Crippen molar-refractivity contribution in [2.75, 3.05) is 33.2 Å². The molecule has 3 atom stereocenters. The predicted octanol–water partition coefficient (Wildman–Crippen LogP) is 1.91. The van der Waals surface area contributed by atoms with Gasteiger partial charge >= 0.3 is 0 Å². The van der Waals surface area contributed by atoms with Crippen LogP contribution in [0.15, 0.2) is 0 Å². The van der Waals surface area contributed by atoms with E-state index in [0.29, 0.717) is 18.1 Å². The van der Waals surface area contributed by atoms with Crippen LogP contribution in [0.25, 0.3) is 0 Å². The van der Waals surface area contributed by atoms with E-state index in [9.17, 15) is 0 Å². The molecule has 0 saturated carbocycles. The third kappa shape index (κ3) is 4.67. The zero-order valence-corrected chi connectivity index (χ0v) is 15.9. The van der Waals surface area contributed by atoms with Crippen molar-refractivity contribution in [3.63, 3.8) is 0 Å². The van der Waals surface area contributed by atoms with E-state index in [2.05, 4.69) is 69.0 Å².